The summed E-state index contributed by atoms with van der Waals surface area (Å²) in [7, 11) is 0. The van der Waals surface area contributed by atoms with E-state index < -0.39 is 0 Å². The van der Waals surface area contributed by atoms with Gasteiger partial charge in [-0.3, -0.25) is 4.90 Å². The van der Waals surface area contributed by atoms with Gasteiger partial charge in [0.05, 0.1) is 0 Å². The molecule has 20 heavy (non-hydrogen) atoms. The third kappa shape index (κ3) is 2.45. The monoisotopic (exact) mass is 274 g/mol. The number of aromatic nitrogens is 2. The van der Waals surface area contributed by atoms with Gasteiger partial charge in [-0.2, -0.15) is 0 Å². The summed E-state index contributed by atoms with van der Waals surface area (Å²) in [5.41, 5.74) is 2.68. The van der Waals surface area contributed by atoms with Crippen molar-refractivity contribution in [3.8, 4) is 0 Å². The first-order chi connectivity index (χ1) is 9.83. The van der Waals surface area contributed by atoms with Gasteiger partial charge in [0.2, 0.25) is 0 Å². The Hall–Kier alpha value is -1.40. The number of nitrogens with one attached hydrogen (secondary N) is 1. The van der Waals surface area contributed by atoms with Crippen molar-refractivity contribution in [2.45, 2.75) is 37.6 Å². The van der Waals surface area contributed by atoms with Crippen molar-refractivity contribution in [2.24, 2.45) is 5.84 Å². The standard InChI is InChI=1S/C14H22N6/c15-18-12-9-13(17-14(16-12)10-1-2-10)20-7-5-19(6-8-20)11-3-4-11/h9-11H,1-8,15H2,(H,16,17,18). The molecule has 0 bridgehead atoms. The SMILES string of the molecule is NNc1cc(N2CCN(C3CC3)CC2)nc(C2CC2)n1. The highest BCUT2D eigenvalue weighted by atomic mass is 15.3. The second kappa shape index (κ2) is 4.86. The molecule has 1 saturated heterocycles. The molecule has 3 fully saturated rings. The van der Waals surface area contributed by atoms with E-state index in [9.17, 15) is 0 Å². The number of nitrogen functional groups attached to an aromatic ring is 1. The lowest BCUT2D eigenvalue weighted by Gasteiger charge is -2.35. The maximum absolute atomic E-state index is 5.54. The molecule has 0 amide bonds. The van der Waals surface area contributed by atoms with Crippen LogP contribution in [0.1, 0.15) is 37.4 Å². The van der Waals surface area contributed by atoms with Crippen molar-refractivity contribution in [3.05, 3.63) is 11.9 Å². The fourth-order valence-corrected chi connectivity index (χ4v) is 2.97. The van der Waals surface area contributed by atoms with Crippen LogP contribution in [-0.2, 0) is 0 Å². The minimum atomic E-state index is 0.551. The number of anilines is 2. The Labute approximate surface area is 119 Å². The number of rotatable bonds is 4. The average Bonchev–Trinajstić information content (AvgIpc) is 3.39. The summed E-state index contributed by atoms with van der Waals surface area (Å²) in [6.45, 7) is 4.42. The van der Waals surface area contributed by atoms with Crippen LogP contribution in [0.2, 0.25) is 0 Å². The third-order valence-corrected chi connectivity index (χ3v) is 4.52. The molecule has 3 N–H and O–H groups in total. The van der Waals surface area contributed by atoms with Crippen LogP contribution < -0.4 is 16.2 Å². The van der Waals surface area contributed by atoms with Crippen molar-refractivity contribution in [3.63, 3.8) is 0 Å². The van der Waals surface area contributed by atoms with Gasteiger partial charge in [0.25, 0.3) is 0 Å². The van der Waals surface area contributed by atoms with Crippen molar-refractivity contribution >= 4 is 11.6 Å². The molecule has 2 aliphatic carbocycles. The van der Waals surface area contributed by atoms with E-state index in [2.05, 4.69) is 20.2 Å². The highest BCUT2D eigenvalue weighted by Gasteiger charge is 2.32. The molecule has 6 heteroatoms. The van der Waals surface area contributed by atoms with E-state index in [1.807, 2.05) is 6.07 Å². The van der Waals surface area contributed by atoms with Crippen molar-refractivity contribution in [1.82, 2.24) is 14.9 Å². The quantitative estimate of drug-likeness (QED) is 0.628. The molecular formula is C14H22N6. The molecule has 108 valence electrons. The Kier molecular flexibility index (Phi) is 3.00. The lowest BCUT2D eigenvalue weighted by atomic mass is 10.3. The molecule has 2 saturated carbocycles. The third-order valence-electron chi connectivity index (χ3n) is 4.52. The molecule has 0 radical (unpaired) electrons. The van der Waals surface area contributed by atoms with Gasteiger partial charge in [-0.25, -0.2) is 15.8 Å². The van der Waals surface area contributed by atoms with Crippen LogP contribution in [0.4, 0.5) is 11.6 Å². The number of piperazine rings is 1. The lowest BCUT2D eigenvalue weighted by molar-refractivity contribution is 0.247. The number of hydrogen-bond acceptors (Lipinski definition) is 6. The minimum absolute atomic E-state index is 0.551. The van der Waals surface area contributed by atoms with Gasteiger partial charge in [0.1, 0.15) is 17.5 Å². The highest BCUT2D eigenvalue weighted by molar-refractivity contribution is 5.49. The van der Waals surface area contributed by atoms with Crippen LogP contribution in [0, 0.1) is 0 Å². The second-order valence-electron chi connectivity index (χ2n) is 6.14. The molecule has 0 unspecified atom stereocenters. The van der Waals surface area contributed by atoms with Crippen LogP contribution in [0.3, 0.4) is 0 Å². The summed E-state index contributed by atoms with van der Waals surface area (Å²) in [6, 6.07) is 2.84. The molecule has 1 aliphatic heterocycles. The van der Waals surface area contributed by atoms with Crippen molar-refractivity contribution in [2.75, 3.05) is 36.5 Å². The van der Waals surface area contributed by atoms with Crippen molar-refractivity contribution in [1.29, 1.82) is 0 Å². The van der Waals surface area contributed by atoms with E-state index in [1.54, 1.807) is 0 Å². The van der Waals surface area contributed by atoms with E-state index in [1.165, 1.54) is 25.7 Å². The molecule has 1 aromatic heterocycles. The molecule has 2 heterocycles. The number of hydrogen-bond donors (Lipinski definition) is 2. The van der Waals surface area contributed by atoms with E-state index in [0.717, 1.165) is 49.7 Å². The van der Waals surface area contributed by atoms with E-state index >= 15 is 0 Å². The Morgan fingerprint density at radius 3 is 2.40 bits per heavy atom. The Bertz CT molecular complexity index is 488. The first-order valence-electron chi connectivity index (χ1n) is 7.68. The summed E-state index contributed by atoms with van der Waals surface area (Å²) in [5.74, 6) is 8.82. The maximum atomic E-state index is 5.54. The van der Waals surface area contributed by atoms with Gasteiger partial charge in [-0.1, -0.05) is 0 Å². The summed E-state index contributed by atoms with van der Waals surface area (Å²) >= 11 is 0. The minimum Gasteiger partial charge on any atom is -0.354 e. The number of nitrogens with two attached hydrogens (primary N) is 1. The topological polar surface area (TPSA) is 70.3 Å². The maximum Gasteiger partial charge on any atom is 0.145 e. The van der Waals surface area contributed by atoms with Gasteiger partial charge >= 0.3 is 0 Å². The van der Waals surface area contributed by atoms with Crippen LogP contribution in [0.15, 0.2) is 6.07 Å². The number of nitrogens with zero attached hydrogens (tertiary/aromatic N) is 4. The predicted octanol–water partition coefficient (Wildman–Crippen LogP) is 0.924. The molecule has 0 spiro atoms. The van der Waals surface area contributed by atoms with Gasteiger partial charge in [-0.15, -0.1) is 0 Å². The van der Waals surface area contributed by atoms with E-state index in [4.69, 9.17) is 10.8 Å². The normalized spacial score (nSPS) is 23.9. The highest BCUT2D eigenvalue weighted by Crippen LogP contribution is 2.39. The zero-order chi connectivity index (χ0) is 13.5. The fourth-order valence-electron chi connectivity index (χ4n) is 2.97. The van der Waals surface area contributed by atoms with Crippen LogP contribution in [0.25, 0.3) is 0 Å². The zero-order valence-electron chi connectivity index (χ0n) is 11.8. The zero-order valence-corrected chi connectivity index (χ0v) is 11.8. The lowest BCUT2D eigenvalue weighted by Crippen LogP contribution is -2.47. The Balaban J connectivity index is 1.50. The Morgan fingerprint density at radius 2 is 1.80 bits per heavy atom. The molecule has 0 atom stereocenters. The Morgan fingerprint density at radius 1 is 1.05 bits per heavy atom. The molecule has 6 nitrogen and oxygen atoms in total. The number of hydrazine groups is 1. The molecule has 3 aliphatic rings. The predicted molar refractivity (Wildman–Crippen MR) is 78.6 cm³/mol. The first kappa shape index (κ1) is 12.3. The van der Waals surface area contributed by atoms with Crippen molar-refractivity contribution < 1.29 is 0 Å². The molecule has 4 rings (SSSR count). The molecule has 1 aromatic rings. The van der Waals surface area contributed by atoms with Gasteiger partial charge in [0.15, 0.2) is 0 Å². The molecule has 0 aromatic carbocycles. The largest absolute Gasteiger partial charge is 0.354 e. The van der Waals surface area contributed by atoms with Gasteiger partial charge < -0.3 is 10.3 Å². The van der Waals surface area contributed by atoms with E-state index in [0.29, 0.717) is 5.92 Å². The first-order valence-corrected chi connectivity index (χ1v) is 7.68. The van der Waals surface area contributed by atoms with Crippen LogP contribution >= 0.6 is 0 Å². The fraction of sp³-hybridized carbons (Fsp3) is 0.714. The smallest absolute Gasteiger partial charge is 0.145 e. The second-order valence-corrected chi connectivity index (χ2v) is 6.14. The average molecular weight is 274 g/mol. The van der Waals surface area contributed by atoms with E-state index in [-0.39, 0.29) is 0 Å². The summed E-state index contributed by atoms with van der Waals surface area (Å²) in [5, 5.41) is 0. The van der Waals surface area contributed by atoms with Crippen LogP contribution in [-0.4, -0.2) is 47.1 Å². The summed E-state index contributed by atoms with van der Waals surface area (Å²) < 4.78 is 0. The molecular weight excluding hydrogens is 252 g/mol. The summed E-state index contributed by atoms with van der Waals surface area (Å²) in [4.78, 5) is 14.2. The van der Waals surface area contributed by atoms with Gasteiger partial charge in [-0.05, 0) is 25.7 Å². The van der Waals surface area contributed by atoms with Gasteiger partial charge in [0, 0.05) is 44.2 Å². The summed E-state index contributed by atoms with van der Waals surface area (Å²) in [6.07, 6.45) is 5.20. The van der Waals surface area contributed by atoms with Crippen LogP contribution in [0.5, 0.6) is 0 Å².